The van der Waals surface area contributed by atoms with Crippen LogP contribution in [0.2, 0.25) is 0 Å². The number of rotatable bonds is 3. The second kappa shape index (κ2) is 6.66. The highest BCUT2D eigenvalue weighted by Gasteiger charge is 2.06. The highest BCUT2D eigenvalue weighted by molar-refractivity contribution is 9.10. The van der Waals surface area contributed by atoms with Gasteiger partial charge in [-0.1, -0.05) is 64.5 Å². The Kier molecular flexibility index (Phi) is 4.21. The molecule has 0 saturated heterocycles. The van der Waals surface area contributed by atoms with E-state index in [-0.39, 0.29) is 5.78 Å². The van der Waals surface area contributed by atoms with Crippen molar-refractivity contribution < 1.29 is 4.79 Å². The lowest BCUT2D eigenvalue weighted by atomic mass is 9.96. The summed E-state index contributed by atoms with van der Waals surface area (Å²) in [5.41, 5.74) is 1.77. The Morgan fingerprint density at radius 1 is 0.760 bits per heavy atom. The highest BCUT2D eigenvalue weighted by atomic mass is 79.9. The quantitative estimate of drug-likeness (QED) is 0.218. The van der Waals surface area contributed by atoms with Crippen molar-refractivity contribution in [2.45, 2.75) is 0 Å². The molecule has 120 valence electrons. The summed E-state index contributed by atoms with van der Waals surface area (Å²) in [6.07, 6.45) is 3.60. The zero-order valence-electron chi connectivity index (χ0n) is 13.4. The number of hydrogen-bond acceptors (Lipinski definition) is 1. The lowest BCUT2D eigenvalue weighted by molar-refractivity contribution is 0.104. The summed E-state index contributed by atoms with van der Waals surface area (Å²) >= 11 is 3.40. The molecule has 0 atom stereocenters. The molecule has 0 N–H and O–H groups in total. The molecule has 4 aromatic rings. The van der Waals surface area contributed by atoms with Gasteiger partial charge in [-0.3, -0.25) is 4.79 Å². The van der Waals surface area contributed by atoms with E-state index in [0.29, 0.717) is 5.56 Å². The third-order valence-corrected chi connectivity index (χ3v) is 4.87. The predicted octanol–water partition coefficient (Wildman–Crippen LogP) is 6.65. The summed E-state index contributed by atoms with van der Waals surface area (Å²) in [5.74, 6) is 0.00418. The van der Waals surface area contributed by atoms with Crippen molar-refractivity contribution in [3.63, 3.8) is 0 Å². The average Bonchev–Trinajstić information content (AvgIpc) is 2.65. The SMILES string of the molecule is O=C(/C=C\c1c2ccccc2cc2ccccc12)c1ccc(Br)cc1. The molecule has 25 heavy (non-hydrogen) atoms. The fraction of sp³-hybridized carbons (Fsp3) is 0. The molecule has 2 heteroatoms. The number of hydrogen-bond donors (Lipinski definition) is 0. The van der Waals surface area contributed by atoms with Crippen LogP contribution in [0.25, 0.3) is 27.6 Å². The molecular weight excluding hydrogens is 372 g/mol. The molecule has 0 saturated carbocycles. The van der Waals surface area contributed by atoms with Crippen LogP contribution < -0.4 is 0 Å². The van der Waals surface area contributed by atoms with Crippen molar-refractivity contribution in [3.05, 3.63) is 101 Å². The Bertz CT molecular complexity index is 1050. The minimum atomic E-state index is 0.00418. The van der Waals surface area contributed by atoms with Gasteiger partial charge in [0.1, 0.15) is 0 Å². The fourth-order valence-corrected chi connectivity index (χ4v) is 3.36. The molecule has 0 aliphatic carbocycles. The van der Waals surface area contributed by atoms with E-state index in [1.165, 1.54) is 10.8 Å². The van der Waals surface area contributed by atoms with E-state index in [1.54, 1.807) is 6.08 Å². The van der Waals surface area contributed by atoms with Gasteiger partial charge in [-0.2, -0.15) is 0 Å². The first-order chi connectivity index (χ1) is 12.2. The first-order valence-corrected chi connectivity index (χ1v) is 8.90. The molecule has 0 radical (unpaired) electrons. The van der Waals surface area contributed by atoms with E-state index < -0.39 is 0 Å². The smallest absolute Gasteiger partial charge is 0.185 e. The van der Waals surface area contributed by atoms with Gasteiger partial charge < -0.3 is 0 Å². The van der Waals surface area contributed by atoms with Gasteiger partial charge in [-0.15, -0.1) is 0 Å². The monoisotopic (exact) mass is 386 g/mol. The van der Waals surface area contributed by atoms with E-state index in [4.69, 9.17) is 0 Å². The minimum absolute atomic E-state index is 0.00418. The molecule has 1 nitrogen and oxygen atoms in total. The van der Waals surface area contributed by atoms with Crippen LogP contribution in [0.4, 0.5) is 0 Å². The largest absolute Gasteiger partial charge is 0.289 e. The van der Waals surface area contributed by atoms with Crippen LogP contribution in [-0.2, 0) is 0 Å². The summed E-state index contributed by atoms with van der Waals surface area (Å²) in [6, 6.07) is 26.2. The maximum atomic E-state index is 12.5. The fourth-order valence-electron chi connectivity index (χ4n) is 3.10. The van der Waals surface area contributed by atoms with E-state index in [9.17, 15) is 4.79 Å². The first kappa shape index (κ1) is 15.8. The maximum absolute atomic E-state index is 12.5. The van der Waals surface area contributed by atoms with Crippen LogP contribution in [-0.4, -0.2) is 5.78 Å². The van der Waals surface area contributed by atoms with E-state index in [1.807, 2.05) is 54.6 Å². The number of carbonyl (C=O) groups excluding carboxylic acids is 1. The Morgan fingerprint density at radius 2 is 1.32 bits per heavy atom. The van der Waals surface area contributed by atoms with Crippen LogP contribution in [0.1, 0.15) is 15.9 Å². The van der Waals surface area contributed by atoms with Crippen molar-refractivity contribution in [3.8, 4) is 0 Å². The standard InChI is InChI=1S/C23H15BrO/c24-19-11-9-16(10-12-19)23(25)14-13-22-20-7-3-1-5-17(20)15-18-6-2-4-8-21(18)22/h1-15H/b14-13-. The normalized spacial score (nSPS) is 11.4. The second-order valence-corrected chi connectivity index (χ2v) is 6.85. The number of fused-ring (bicyclic) bond motifs is 2. The molecule has 0 bridgehead atoms. The predicted molar refractivity (Wildman–Crippen MR) is 109 cm³/mol. The van der Waals surface area contributed by atoms with Gasteiger partial charge in [-0.25, -0.2) is 0 Å². The lowest BCUT2D eigenvalue weighted by Crippen LogP contribution is -1.93. The Labute approximate surface area is 154 Å². The number of allylic oxidation sites excluding steroid dienone is 1. The van der Waals surface area contributed by atoms with Gasteiger partial charge in [0, 0.05) is 10.0 Å². The Balaban J connectivity index is 1.84. The van der Waals surface area contributed by atoms with Gasteiger partial charge in [0.05, 0.1) is 0 Å². The first-order valence-electron chi connectivity index (χ1n) is 8.11. The minimum Gasteiger partial charge on any atom is -0.289 e. The van der Waals surface area contributed by atoms with Crippen molar-refractivity contribution in [1.29, 1.82) is 0 Å². The molecule has 0 unspecified atom stereocenters. The number of ketones is 1. The molecule has 0 fully saturated rings. The molecule has 0 spiro atoms. The average molecular weight is 387 g/mol. The summed E-state index contributed by atoms with van der Waals surface area (Å²) in [5, 5.41) is 4.66. The second-order valence-electron chi connectivity index (χ2n) is 5.94. The maximum Gasteiger partial charge on any atom is 0.185 e. The van der Waals surface area contributed by atoms with Gasteiger partial charge in [-0.05, 0) is 69.6 Å². The van der Waals surface area contributed by atoms with Gasteiger partial charge in [0.15, 0.2) is 5.78 Å². The van der Waals surface area contributed by atoms with Gasteiger partial charge in [0.25, 0.3) is 0 Å². The molecular formula is C23H15BrO. The Morgan fingerprint density at radius 3 is 1.92 bits per heavy atom. The molecule has 4 aromatic carbocycles. The highest BCUT2D eigenvalue weighted by Crippen LogP contribution is 2.29. The third-order valence-electron chi connectivity index (χ3n) is 4.34. The Hall–Kier alpha value is -2.71. The van der Waals surface area contributed by atoms with Crippen molar-refractivity contribution in [1.82, 2.24) is 0 Å². The zero-order valence-corrected chi connectivity index (χ0v) is 15.0. The summed E-state index contributed by atoms with van der Waals surface area (Å²) in [7, 11) is 0. The van der Waals surface area contributed by atoms with Crippen molar-refractivity contribution in [2.75, 3.05) is 0 Å². The molecule has 0 heterocycles. The molecule has 4 rings (SSSR count). The van der Waals surface area contributed by atoms with E-state index in [0.717, 1.165) is 20.8 Å². The number of carbonyl (C=O) groups is 1. The summed E-state index contributed by atoms with van der Waals surface area (Å²) in [4.78, 5) is 12.5. The van der Waals surface area contributed by atoms with Crippen LogP contribution in [0.3, 0.4) is 0 Å². The lowest BCUT2D eigenvalue weighted by Gasteiger charge is -2.08. The number of halogens is 1. The molecule has 0 amide bonds. The van der Waals surface area contributed by atoms with Crippen LogP contribution in [0.15, 0.2) is 89.4 Å². The summed E-state index contributed by atoms with van der Waals surface area (Å²) in [6.45, 7) is 0. The zero-order chi connectivity index (χ0) is 17.2. The summed E-state index contributed by atoms with van der Waals surface area (Å²) < 4.78 is 0.966. The molecule has 0 aliphatic heterocycles. The van der Waals surface area contributed by atoms with Gasteiger partial charge in [0.2, 0.25) is 0 Å². The van der Waals surface area contributed by atoms with Crippen molar-refractivity contribution in [2.24, 2.45) is 0 Å². The van der Waals surface area contributed by atoms with Crippen molar-refractivity contribution >= 4 is 49.3 Å². The molecule has 0 aromatic heterocycles. The van der Waals surface area contributed by atoms with Crippen LogP contribution in [0, 0.1) is 0 Å². The molecule has 0 aliphatic rings. The topological polar surface area (TPSA) is 17.1 Å². The third kappa shape index (κ3) is 3.13. The van der Waals surface area contributed by atoms with E-state index in [2.05, 4.69) is 46.3 Å². The van der Waals surface area contributed by atoms with Crippen LogP contribution in [0.5, 0.6) is 0 Å². The van der Waals surface area contributed by atoms with E-state index >= 15 is 0 Å². The van der Waals surface area contributed by atoms with Crippen LogP contribution >= 0.6 is 15.9 Å². The van der Waals surface area contributed by atoms with Gasteiger partial charge >= 0.3 is 0 Å². The number of benzene rings is 4.